The third kappa shape index (κ3) is 6.52. The minimum atomic E-state index is -5.07. The van der Waals surface area contributed by atoms with Gasteiger partial charge in [0.1, 0.15) is 36.6 Å². The second-order valence-corrected chi connectivity index (χ2v) is 9.39. The number of fused-ring (bicyclic) bond motifs is 1. The number of aromatic nitrogens is 4. The third-order valence-electron chi connectivity index (χ3n) is 6.70. The standard InChI is InChI=1S/C28H26F3N7O4/c1-40-22-4-3-21(33-16-22)17-36-6-8-37(9-7-36)25-5-2-19(14-34-25)24-12-23(18-38-26(24)20(13-32)15-35-38)41-10-11-42-27(39)28(29,30)31/h2-5,12,14-16,18H,6-11,17H2,1H3. The molecule has 42 heavy (non-hydrogen) atoms. The van der Waals surface area contributed by atoms with E-state index in [1.165, 1.54) is 16.9 Å². The number of nitriles is 1. The molecule has 11 nitrogen and oxygen atoms in total. The summed E-state index contributed by atoms with van der Waals surface area (Å²) in [6.07, 6.45) is 1.24. The molecule has 1 aliphatic heterocycles. The quantitative estimate of drug-likeness (QED) is 0.215. The van der Waals surface area contributed by atoms with Crippen molar-refractivity contribution in [2.75, 3.05) is 51.4 Å². The van der Waals surface area contributed by atoms with Crippen molar-refractivity contribution in [3.63, 3.8) is 0 Å². The van der Waals surface area contributed by atoms with Crippen molar-refractivity contribution in [1.82, 2.24) is 24.5 Å². The SMILES string of the molecule is COc1ccc(CN2CCN(c3ccc(-c4cc(OCCOC(=O)C(F)(F)F)cn5ncc(C#N)c45)cn3)CC2)nc1. The molecule has 0 spiro atoms. The lowest BCUT2D eigenvalue weighted by atomic mass is 10.1. The molecule has 0 bridgehead atoms. The largest absolute Gasteiger partial charge is 0.495 e. The molecule has 1 aliphatic rings. The van der Waals surface area contributed by atoms with Gasteiger partial charge in [-0.2, -0.15) is 23.5 Å². The third-order valence-corrected chi connectivity index (χ3v) is 6.70. The summed E-state index contributed by atoms with van der Waals surface area (Å²) in [4.78, 5) is 24.5. The topological polar surface area (TPSA) is 118 Å². The van der Waals surface area contributed by atoms with Crippen LogP contribution in [-0.4, -0.2) is 83.1 Å². The van der Waals surface area contributed by atoms with Gasteiger partial charge in [-0.25, -0.2) is 14.3 Å². The fourth-order valence-electron chi connectivity index (χ4n) is 4.58. The molecule has 1 fully saturated rings. The van der Waals surface area contributed by atoms with Crippen molar-refractivity contribution < 1.29 is 32.2 Å². The van der Waals surface area contributed by atoms with Gasteiger partial charge in [0.05, 0.1) is 42.5 Å². The summed E-state index contributed by atoms with van der Waals surface area (Å²) >= 11 is 0. The van der Waals surface area contributed by atoms with Gasteiger partial charge < -0.3 is 19.1 Å². The van der Waals surface area contributed by atoms with Gasteiger partial charge in [-0.1, -0.05) is 0 Å². The first-order chi connectivity index (χ1) is 20.2. The normalized spacial score (nSPS) is 14.0. The molecule has 0 aliphatic carbocycles. The van der Waals surface area contributed by atoms with E-state index in [9.17, 15) is 23.2 Å². The monoisotopic (exact) mass is 581 g/mol. The summed E-state index contributed by atoms with van der Waals surface area (Å²) in [5, 5.41) is 13.8. The van der Waals surface area contributed by atoms with E-state index < -0.39 is 18.8 Å². The van der Waals surface area contributed by atoms with Crippen LogP contribution in [0.5, 0.6) is 11.5 Å². The molecule has 0 aromatic carbocycles. The number of rotatable bonds is 9. The highest BCUT2D eigenvalue weighted by Crippen LogP contribution is 2.31. The maximum Gasteiger partial charge on any atom is 0.490 e. The van der Waals surface area contributed by atoms with E-state index in [1.807, 2.05) is 24.3 Å². The summed E-state index contributed by atoms with van der Waals surface area (Å²) in [6.45, 7) is 3.11. The highest BCUT2D eigenvalue weighted by atomic mass is 19.4. The molecule has 5 rings (SSSR count). The Morgan fingerprint density at radius 2 is 1.83 bits per heavy atom. The maximum absolute atomic E-state index is 12.3. The van der Waals surface area contributed by atoms with Crippen LogP contribution in [0, 0.1) is 11.3 Å². The number of piperazine rings is 1. The minimum absolute atomic E-state index is 0.264. The average molecular weight is 582 g/mol. The van der Waals surface area contributed by atoms with Crippen LogP contribution in [0.1, 0.15) is 11.3 Å². The number of pyridine rings is 3. The van der Waals surface area contributed by atoms with Crippen molar-refractivity contribution in [3.05, 3.63) is 66.4 Å². The van der Waals surface area contributed by atoms with Gasteiger partial charge in [-0.05, 0) is 30.3 Å². The summed E-state index contributed by atoms with van der Waals surface area (Å²) in [5.74, 6) is -0.485. The molecule has 1 saturated heterocycles. The van der Waals surface area contributed by atoms with E-state index in [-0.39, 0.29) is 12.4 Å². The number of carbonyl (C=O) groups excluding carboxylic acids is 1. The highest BCUT2D eigenvalue weighted by molar-refractivity contribution is 5.85. The lowest BCUT2D eigenvalue weighted by Gasteiger charge is -2.35. The zero-order valence-corrected chi connectivity index (χ0v) is 22.5. The number of halogens is 3. The van der Waals surface area contributed by atoms with Gasteiger partial charge in [0.25, 0.3) is 0 Å². The first kappa shape index (κ1) is 28.6. The van der Waals surface area contributed by atoms with Crippen LogP contribution >= 0.6 is 0 Å². The molecule has 4 aromatic rings. The van der Waals surface area contributed by atoms with Crippen LogP contribution < -0.4 is 14.4 Å². The molecule has 0 amide bonds. The Bertz CT molecular complexity index is 1580. The zero-order chi connectivity index (χ0) is 29.7. The molecular weight excluding hydrogens is 555 g/mol. The van der Waals surface area contributed by atoms with Crippen molar-refractivity contribution in [3.8, 4) is 28.7 Å². The van der Waals surface area contributed by atoms with Crippen LogP contribution in [0.4, 0.5) is 19.0 Å². The molecule has 0 radical (unpaired) electrons. The van der Waals surface area contributed by atoms with E-state index >= 15 is 0 Å². The fourth-order valence-corrected chi connectivity index (χ4v) is 4.58. The number of nitrogens with zero attached hydrogens (tertiary/aromatic N) is 7. The Morgan fingerprint density at radius 1 is 1.02 bits per heavy atom. The van der Waals surface area contributed by atoms with E-state index in [0.717, 1.165) is 50.0 Å². The second-order valence-electron chi connectivity index (χ2n) is 9.39. The Hall–Kier alpha value is -4.90. The Labute approximate surface area is 238 Å². The fraction of sp³-hybridized carbons (Fsp3) is 0.321. The first-order valence-electron chi connectivity index (χ1n) is 13.0. The summed E-state index contributed by atoms with van der Waals surface area (Å²) in [6, 6.07) is 11.4. The number of esters is 1. The maximum atomic E-state index is 12.3. The molecule has 0 unspecified atom stereocenters. The predicted octanol–water partition coefficient (Wildman–Crippen LogP) is 3.48. The predicted molar refractivity (Wildman–Crippen MR) is 144 cm³/mol. The molecular formula is C28H26F3N7O4. The molecule has 218 valence electrons. The Morgan fingerprint density at radius 3 is 2.48 bits per heavy atom. The molecule has 0 N–H and O–H groups in total. The van der Waals surface area contributed by atoms with E-state index in [0.29, 0.717) is 22.2 Å². The van der Waals surface area contributed by atoms with Gasteiger partial charge >= 0.3 is 12.1 Å². The lowest BCUT2D eigenvalue weighted by molar-refractivity contribution is -0.200. The number of ether oxygens (including phenoxy) is 3. The van der Waals surface area contributed by atoms with Crippen molar-refractivity contribution >= 4 is 17.3 Å². The van der Waals surface area contributed by atoms with Crippen LogP contribution in [-0.2, 0) is 16.1 Å². The smallest absolute Gasteiger partial charge is 0.490 e. The first-order valence-corrected chi connectivity index (χ1v) is 13.0. The number of hydrogen-bond acceptors (Lipinski definition) is 10. The number of alkyl halides is 3. The summed E-state index contributed by atoms with van der Waals surface area (Å²) < 4.78 is 53.4. The Balaban J connectivity index is 1.25. The van der Waals surface area contributed by atoms with Crippen LogP contribution in [0.25, 0.3) is 16.6 Å². The zero-order valence-electron chi connectivity index (χ0n) is 22.5. The number of hydrogen-bond donors (Lipinski definition) is 0. The van der Waals surface area contributed by atoms with Gasteiger partial charge in [-0.15, -0.1) is 0 Å². The van der Waals surface area contributed by atoms with Gasteiger partial charge in [0, 0.05) is 50.0 Å². The lowest BCUT2D eigenvalue weighted by Crippen LogP contribution is -2.46. The minimum Gasteiger partial charge on any atom is -0.495 e. The Kier molecular flexibility index (Phi) is 8.39. The van der Waals surface area contributed by atoms with Crippen molar-refractivity contribution in [2.45, 2.75) is 12.7 Å². The number of anilines is 1. The summed E-state index contributed by atoms with van der Waals surface area (Å²) in [5.41, 5.74) is 3.14. The van der Waals surface area contributed by atoms with Crippen molar-refractivity contribution in [2.24, 2.45) is 0 Å². The highest BCUT2D eigenvalue weighted by Gasteiger charge is 2.40. The van der Waals surface area contributed by atoms with Crippen LogP contribution in [0.15, 0.2) is 55.1 Å². The molecule has 0 atom stereocenters. The van der Waals surface area contributed by atoms with Gasteiger partial charge in [0.15, 0.2) is 0 Å². The van der Waals surface area contributed by atoms with E-state index in [4.69, 9.17) is 9.47 Å². The van der Waals surface area contributed by atoms with Gasteiger partial charge in [0.2, 0.25) is 0 Å². The second kappa shape index (κ2) is 12.3. The number of carbonyl (C=O) groups is 1. The average Bonchev–Trinajstić information content (AvgIpc) is 3.42. The summed E-state index contributed by atoms with van der Waals surface area (Å²) in [7, 11) is 1.61. The van der Waals surface area contributed by atoms with Gasteiger partial charge in [-0.3, -0.25) is 9.88 Å². The molecule has 14 heteroatoms. The van der Waals surface area contributed by atoms with Crippen LogP contribution in [0.2, 0.25) is 0 Å². The molecule has 4 aromatic heterocycles. The van der Waals surface area contributed by atoms with E-state index in [1.54, 1.807) is 25.6 Å². The van der Waals surface area contributed by atoms with E-state index in [2.05, 4.69) is 35.7 Å². The molecule has 5 heterocycles. The van der Waals surface area contributed by atoms with Crippen LogP contribution in [0.3, 0.4) is 0 Å². The molecule has 0 saturated carbocycles. The van der Waals surface area contributed by atoms with Crippen molar-refractivity contribution in [1.29, 1.82) is 5.26 Å². The number of methoxy groups -OCH3 is 1.